The highest BCUT2D eigenvalue weighted by molar-refractivity contribution is 5.58. The number of benzene rings is 2. The predicted molar refractivity (Wildman–Crippen MR) is 102 cm³/mol. The van der Waals surface area contributed by atoms with Gasteiger partial charge in [0.05, 0.1) is 13.7 Å². The Morgan fingerprint density at radius 1 is 0.962 bits per heavy atom. The molecule has 0 aliphatic carbocycles. The summed E-state index contributed by atoms with van der Waals surface area (Å²) in [6, 6.07) is 20.4. The van der Waals surface area contributed by atoms with Crippen LogP contribution in [-0.2, 0) is 6.54 Å². The Hall–Kier alpha value is -2.79. The molecule has 3 aromatic rings. The van der Waals surface area contributed by atoms with Crippen LogP contribution in [0.25, 0.3) is 11.3 Å². The van der Waals surface area contributed by atoms with Crippen molar-refractivity contribution in [1.29, 1.82) is 0 Å². The van der Waals surface area contributed by atoms with Gasteiger partial charge in [0.1, 0.15) is 11.4 Å². The Bertz CT molecular complexity index is 839. The molecular weight excluding hydrogens is 326 g/mol. The Morgan fingerprint density at radius 3 is 2.54 bits per heavy atom. The molecule has 5 heteroatoms. The van der Waals surface area contributed by atoms with E-state index in [-0.39, 0.29) is 0 Å². The summed E-state index contributed by atoms with van der Waals surface area (Å²) in [5.41, 5.74) is 3.20. The number of rotatable bonds is 5. The lowest BCUT2D eigenvalue weighted by Gasteiger charge is -2.35. The van der Waals surface area contributed by atoms with Gasteiger partial charge < -0.3 is 14.2 Å². The van der Waals surface area contributed by atoms with E-state index in [1.165, 1.54) is 5.69 Å². The van der Waals surface area contributed by atoms with Crippen molar-refractivity contribution in [3.8, 4) is 17.0 Å². The third-order valence-electron chi connectivity index (χ3n) is 4.80. The fourth-order valence-corrected chi connectivity index (χ4v) is 3.32. The SMILES string of the molecule is COc1cccc(N2CCN(Cc3cc(-c4ccccc4)no3)CC2)c1. The number of anilines is 1. The largest absolute Gasteiger partial charge is 0.497 e. The summed E-state index contributed by atoms with van der Waals surface area (Å²) >= 11 is 0. The fourth-order valence-electron chi connectivity index (χ4n) is 3.32. The second-order valence-electron chi connectivity index (χ2n) is 6.51. The maximum atomic E-state index is 5.54. The standard InChI is InChI=1S/C21H23N3O2/c1-25-19-9-5-8-18(14-19)24-12-10-23(11-13-24)16-20-15-21(22-26-20)17-6-3-2-4-7-17/h2-9,14-15H,10-13,16H2,1H3. The van der Waals surface area contributed by atoms with E-state index in [4.69, 9.17) is 9.26 Å². The number of methoxy groups -OCH3 is 1. The van der Waals surface area contributed by atoms with E-state index in [9.17, 15) is 0 Å². The molecule has 2 aromatic carbocycles. The molecule has 0 atom stereocenters. The fraction of sp³-hybridized carbons (Fsp3) is 0.286. The van der Waals surface area contributed by atoms with Crippen molar-refractivity contribution in [2.75, 3.05) is 38.2 Å². The monoisotopic (exact) mass is 349 g/mol. The average Bonchev–Trinajstić information content (AvgIpc) is 3.18. The lowest BCUT2D eigenvalue weighted by Crippen LogP contribution is -2.45. The van der Waals surface area contributed by atoms with Crippen LogP contribution in [0.2, 0.25) is 0 Å². The second-order valence-corrected chi connectivity index (χ2v) is 6.51. The van der Waals surface area contributed by atoms with Gasteiger partial charge in [-0.2, -0.15) is 0 Å². The number of ether oxygens (including phenoxy) is 1. The molecule has 2 heterocycles. The molecule has 1 saturated heterocycles. The van der Waals surface area contributed by atoms with Gasteiger partial charge in [0.25, 0.3) is 0 Å². The van der Waals surface area contributed by atoms with E-state index in [1.807, 2.05) is 36.4 Å². The van der Waals surface area contributed by atoms with Crippen LogP contribution in [0, 0.1) is 0 Å². The molecule has 1 aromatic heterocycles. The van der Waals surface area contributed by atoms with Gasteiger partial charge in [-0.25, -0.2) is 0 Å². The van der Waals surface area contributed by atoms with Gasteiger partial charge in [-0.15, -0.1) is 0 Å². The summed E-state index contributed by atoms with van der Waals surface area (Å²) in [6.45, 7) is 4.78. The van der Waals surface area contributed by atoms with Crippen molar-refractivity contribution in [2.24, 2.45) is 0 Å². The third-order valence-corrected chi connectivity index (χ3v) is 4.80. The molecule has 5 nitrogen and oxygen atoms in total. The highest BCUT2D eigenvalue weighted by Gasteiger charge is 2.19. The molecule has 26 heavy (non-hydrogen) atoms. The predicted octanol–water partition coefficient (Wildman–Crippen LogP) is 3.67. The molecule has 0 spiro atoms. The van der Waals surface area contributed by atoms with Gasteiger partial charge in [0, 0.05) is 49.6 Å². The normalized spacial score (nSPS) is 15.2. The number of piperazine rings is 1. The van der Waals surface area contributed by atoms with Crippen molar-refractivity contribution in [3.05, 3.63) is 66.4 Å². The smallest absolute Gasteiger partial charge is 0.151 e. The Labute approximate surface area is 153 Å². The molecule has 1 aliphatic heterocycles. The first kappa shape index (κ1) is 16.7. The van der Waals surface area contributed by atoms with E-state index < -0.39 is 0 Å². The average molecular weight is 349 g/mol. The lowest BCUT2D eigenvalue weighted by molar-refractivity contribution is 0.220. The van der Waals surface area contributed by atoms with E-state index in [2.05, 4.69) is 39.2 Å². The van der Waals surface area contributed by atoms with Crippen molar-refractivity contribution in [1.82, 2.24) is 10.1 Å². The summed E-state index contributed by atoms with van der Waals surface area (Å²) in [4.78, 5) is 4.81. The van der Waals surface area contributed by atoms with Crippen molar-refractivity contribution < 1.29 is 9.26 Å². The highest BCUT2D eigenvalue weighted by Crippen LogP contribution is 2.23. The molecule has 0 amide bonds. The molecule has 1 fully saturated rings. The molecule has 0 N–H and O–H groups in total. The minimum atomic E-state index is 0.797. The van der Waals surface area contributed by atoms with Crippen LogP contribution < -0.4 is 9.64 Å². The molecule has 1 aliphatic rings. The van der Waals surface area contributed by atoms with E-state index in [0.717, 1.165) is 55.5 Å². The van der Waals surface area contributed by atoms with E-state index in [0.29, 0.717) is 0 Å². The summed E-state index contributed by atoms with van der Waals surface area (Å²) in [7, 11) is 1.71. The molecule has 0 bridgehead atoms. The molecule has 0 radical (unpaired) electrons. The summed E-state index contributed by atoms with van der Waals surface area (Å²) in [5.74, 6) is 1.82. The van der Waals surface area contributed by atoms with Gasteiger partial charge in [0.2, 0.25) is 0 Å². The van der Waals surface area contributed by atoms with Crippen LogP contribution in [0.4, 0.5) is 5.69 Å². The van der Waals surface area contributed by atoms with Crippen LogP contribution in [0.5, 0.6) is 5.75 Å². The van der Waals surface area contributed by atoms with Gasteiger partial charge in [0.15, 0.2) is 5.76 Å². The summed E-state index contributed by atoms with van der Waals surface area (Å²) in [6.07, 6.45) is 0. The molecule has 4 rings (SSSR count). The van der Waals surface area contributed by atoms with Crippen molar-refractivity contribution in [2.45, 2.75) is 6.54 Å². The zero-order valence-electron chi connectivity index (χ0n) is 15.0. The van der Waals surface area contributed by atoms with Gasteiger partial charge in [-0.3, -0.25) is 4.90 Å². The first-order valence-electron chi connectivity index (χ1n) is 8.94. The Balaban J connectivity index is 1.35. The van der Waals surface area contributed by atoms with Crippen LogP contribution in [0.3, 0.4) is 0 Å². The Morgan fingerprint density at radius 2 is 1.77 bits per heavy atom. The minimum absolute atomic E-state index is 0.797. The highest BCUT2D eigenvalue weighted by atomic mass is 16.5. The number of hydrogen-bond acceptors (Lipinski definition) is 5. The molecule has 0 unspecified atom stereocenters. The minimum Gasteiger partial charge on any atom is -0.497 e. The van der Waals surface area contributed by atoms with Crippen LogP contribution >= 0.6 is 0 Å². The first-order valence-corrected chi connectivity index (χ1v) is 8.94. The topological polar surface area (TPSA) is 41.7 Å². The van der Waals surface area contributed by atoms with Crippen LogP contribution in [-0.4, -0.2) is 43.3 Å². The maximum absolute atomic E-state index is 5.54. The number of nitrogens with zero attached hydrogens (tertiary/aromatic N) is 3. The zero-order chi connectivity index (χ0) is 17.8. The first-order chi connectivity index (χ1) is 12.8. The van der Waals surface area contributed by atoms with Crippen LogP contribution in [0.15, 0.2) is 65.2 Å². The quantitative estimate of drug-likeness (QED) is 0.703. The summed E-state index contributed by atoms with van der Waals surface area (Å²) in [5, 5.41) is 4.21. The molecule has 134 valence electrons. The maximum Gasteiger partial charge on any atom is 0.151 e. The van der Waals surface area contributed by atoms with E-state index in [1.54, 1.807) is 7.11 Å². The molecular formula is C21H23N3O2. The zero-order valence-corrected chi connectivity index (χ0v) is 15.0. The van der Waals surface area contributed by atoms with Crippen molar-refractivity contribution >= 4 is 5.69 Å². The second kappa shape index (κ2) is 7.62. The van der Waals surface area contributed by atoms with Gasteiger partial charge >= 0.3 is 0 Å². The van der Waals surface area contributed by atoms with Gasteiger partial charge in [-0.1, -0.05) is 41.6 Å². The van der Waals surface area contributed by atoms with Crippen molar-refractivity contribution in [3.63, 3.8) is 0 Å². The third kappa shape index (κ3) is 3.73. The molecule has 0 saturated carbocycles. The van der Waals surface area contributed by atoms with Gasteiger partial charge in [-0.05, 0) is 12.1 Å². The summed E-state index contributed by atoms with van der Waals surface area (Å²) < 4.78 is 10.9. The number of hydrogen-bond donors (Lipinski definition) is 0. The van der Waals surface area contributed by atoms with Crippen LogP contribution in [0.1, 0.15) is 5.76 Å². The Kier molecular flexibility index (Phi) is 4.88. The number of aromatic nitrogens is 1. The lowest BCUT2D eigenvalue weighted by atomic mass is 10.1. The van der Waals surface area contributed by atoms with E-state index >= 15 is 0 Å².